The van der Waals surface area contributed by atoms with Gasteiger partial charge in [-0.2, -0.15) is 0 Å². The summed E-state index contributed by atoms with van der Waals surface area (Å²) in [5.74, 6) is -2.02. The summed E-state index contributed by atoms with van der Waals surface area (Å²) >= 11 is 0. The van der Waals surface area contributed by atoms with Crippen molar-refractivity contribution in [3.63, 3.8) is 0 Å². The normalized spacial score (nSPS) is 23.6. The van der Waals surface area contributed by atoms with Gasteiger partial charge in [-0.15, -0.1) is 0 Å². The van der Waals surface area contributed by atoms with Crippen LogP contribution >= 0.6 is 0 Å². The number of carbonyl (C=O) groups is 1. The van der Waals surface area contributed by atoms with Crippen molar-refractivity contribution in [3.05, 3.63) is 35.9 Å². The Morgan fingerprint density at radius 2 is 1.88 bits per heavy atom. The van der Waals surface area contributed by atoms with Gasteiger partial charge in [-0.3, -0.25) is 4.90 Å². The minimum atomic E-state index is -2.61. The minimum absolute atomic E-state index is 0.146. The van der Waals surface area contributed by atoms with Gasteiger partial charge in [-0.25, -0.2) is 13.6 Å². The van der Waals surface area contributed by atoms with Crippen LogP contribution in [0.25, 0.3) is 0 Å². The van der Waals surface area contributed by atoms with E-state index in [2.05, 4.69) is 34.5 Å². The zero-order valence-corrected chi connectivity index (χ0v) is 14.6. The van der Waals surface area contributed by atoms with Gasteiger partial charge in [0.05, 0.1) is 0 Å². The van der Waals surface area contributed by atoms with E-state index >= 15 is 0 Å². The number of nitrogens with zero attached hydrogens (tertiary/aromatic N) is 2. The predicted octanol–water partition coefficient (Wildman–Crippen LogP) is 3.34. The molecule has 0 saturated carbocycles. The molecule has 0 radical (unpaired) electrons. The summed E-state index contributed by atoms with van der Waals surface area (Å²) in [6.07, 6.45) is 1.65. The standard InChI is InChI=1S/C19H27F2N3O/c20-19(21)8-12-24(13-9-19)18(25)22-10-6-17-7-11-23(15-17)14-16-4-2-1-3-5-16/h1-5,17H,6-15H2,(H,22,25). The van der Waals surface area contributed by atoms with Crippen LogP contribution in [0.15, 0.2) is 30.3 Å². The molecule has 1 atom stereocenters. The van der Waals surface area contributed by atoms with Crippen molar-refractivity contribution in [1.82, 2.24) is 15.1 Å². The summed E-state index contributed by atoms with van der Waals surface area (Å²) in [4.78, 5) is 16.0. The van der Waals surface area contributed by atoms with E-state index < -0.39 is 5.92 Å². The van der Waals surface area contributed by atoms with E-state index in [1.165, 1.54) is 10.5 Å². The average Bonchev–Trinajstić information content (AvgIpc) is 3.03. The van der Waals surface area contributed by atoms with E-state index in [0.717, 1.165) is 32.5 Å². The zero-order chi connectivity index (χ0) is 17.7. The number of likely N-dealkylation sites (tertiary alicyclic amines) is 2. The largest absolute Gasteiger partial charge is 0.338 e. The van der Waals surface area contributed by atoms with Gasteiger partial charge in [0.25, 0.3) is 5.92 Å². The first-order valence-corrected chi connectivity index (χ1v) is 9.19. The molecule has 6 heteroatoms. The molecule has 2 heterocycles. The zero-order valence-electron chi connectivity index (χ0n) is 14.6. The molecule has 0 aromatic heterocycles. The second-order valence-corrected chi connectivity index (χ2v) is 7.24. The van der Waals surface area contributed by atoms with Crippen LogP contribution in [0.5, 0.6) is 0 Å². The van der Waals surface area contributed by atoms with Crippen LogP contribution in [0, 0.1) is 5.92 Å². The number of benzene rings is 1. The molecular weight excluding hydrogens is 324 g/mol. The summed E-state index contributed by atoms with van der Waals surface area (Å²) < 4.78 is 26.3. The molecule has 2 fully saturated rings. The Morgan fingerprint density at radius 1 is 1.16 bits per heavy atom. The van der Waals surface area contributed by atoms with Gasteiger partial charge in [-0.05, 0) is 30.9 Å². The van der Waals surface area contributed by atoms with E-state index in [0.29, 0.717) is 12.5 Å². The summed E-state index contributed by atoms with van der Waals surface area (Å²) in [5.41, 5.74) is 1.33. The molecule has 1 aromatic rings. The third kappa shape index (κ3) is 5.39. The van der Waals surface area contributed by atoms with Gasteiger partial charge in [-0.1, -0.05) is 30.3 Å². The molecule has 2 saturated heterocycles. The summed E-state index contributed by atoms with van der Waals surface area (Å²) in [6.45, 7) is 4.04. The molecule has 4 nitrogen and oxygen atoms in total. The molecule has 0 spiro atoms. The lowest BCUT2D eigenvalue weighted by Gasteiger charge is -2.31. The van der Waals surface area contributed by atoms with E-state index in [9.17, 15) is 13.6 Å². The molecule has 2 amide bonds. The second-order valence-electron chi connectivity index (χ2n) is 7.24. The van der Waals surface area contributed by atoms with Gasteiger partial charge in [0, 0.05) is 45.6 Å². The third-order valence-electron chi connectivity index (χ3n) is 5.23. The van der Waals surface area contributed by atoms with Crippen molar-refractivity contribution in [3.8, 4) is 0 Å². The fourth-order valence-corrected chi connectivity index (χ4v) is 3.67. The van der Waals surface area contributed by atoms with Crippen molar-refractivity contribution in [2.24, 2.45) is 5.92 Å². The molecule has 1 unspecified atom stereocenters. The van der Waals surface area contributed by atoms with E-state index in [1.807, 2.05) is 6.07 Å². The number of hydrogen-bond acceptors (Lipinski definition) is 2. The first-order chi connectivity index (χ1) is 12.0. The van der Waals surface area contributed by atoms with Gasteiger partial charge in [0.2, 0.25) is 0 Å². The molecule has 0 bridgehead atoms. The Balaban J connectivity index is 1.32. The number of carbonyl (C=O) groups excluding carboxylic acids is 1. The highest BCUT2D eigenvalue weighted by molar-refractivity contribution is 5.74. The smallest absolute Gasteiger partial charge is 0.317 e. The summed E-state index contributed by atoms with van der Waals surface area (Å²) in [5, 5.41) is 2.89. The van der Waals surface area contributed by atoms with Crippen LogP contribution in [0.2, 0.25) is 0 Å². The number of hydrogen-bond donors (Lipinski definition) is 1. The molecule has 0 aliphatic carbocycles. The number of nitrogens with one attached hydrogen (secondary N) is 1. The predicted molar refractivity (Wildman–Crippen MR) is 93.6 cm³/mol. The van der Waals surface area contributed by atoms with Crippen molar-refractivity contribution in [2.75, 3.05) is 32.7 Å². The Hall–Kier alpha value is -1.69. The maximum Gasteiger partial charge on any atom is 0.317 e. The highest BCUT2D eigenvalue weighted by atomic mass is 19.3. The van der Waals surface area contributed by atoms with Crippen LogP contribution in [0.3, 0.4) is 0 Å². The highest BCUT2D eigenvalue weighted by Gasteiger charge is 2.35. The highest BCUT2D eigenvalue weighted by Crippen LogP contribution is 2.27. The van der Waals surface area contributed by atoms with Crippen molar-refractivity contribution in [2.45, 2.75) is 38.2 Å². The maximum absolute atomic E-state index is 13.1. The number of piperidine rings is 1. The quantitative estimate of drug-likeness (QED) is 0.883. The van der Waals surface area contributed by atoms with E-state index in [4.69, 9.17) is 0 Å². The minimum Gasteiger partial charge on any atom is -0.338 e. The summed E-state index contributed by atoms with van der Waals surface area (Å²) in [6, 6.07) is 10.3. The molecule has 3 rings (SSSR count). The molecule has 138 valence electrons. The molecular formula is C19H27F2N3O. The second kappa shape index (κ2) is 8.13. The Kier molecular flexibility index (Phi) is 5.89. The van der Waals surface area contributed by atoms with Crippen molar-refractivity contribution < 1.29 is 13.6 Å². The number of amides is 2. The maximum atomic E-state index is 13.1. The fraction of sp³-hybridized carbons (Fsp3) is 0.632. The lowest BCUT2D eigenvalue weighted by molar-refractivity contribution is -0.0469. The van der Waals surface area contributed by atoms with Crippen molar-refractivity contribution in [1.29, 1.82) is 0 Å². The van der Waals surface area contributed by atoms with Gasteiger partial charge >= 0.3 is 6.03 Å². The van der Waals surface area contributed by atoms with Crippen LogP contribution in [0.1, 0.15) is 31.2 Å². The summed E-state index contributed by atoms with van der Waals surface area (Å²) in [7, 11) is 0. The molecule has 2 aliphatic rings. The van der Waals surface area contributed by atoms with E-state index in [1.54, 1.807) is 0 Å². The van der Waals surface area contributed by atoms with Crippen LogP contribution in [-0.4, -0.2) is 54.5 Å². The van der Waals surface area contributed by atoms with E-state index in [-0.39, 0.29) is 32.0 Å². The van der Waals surface area contributed by atoms with Crippen LogP contribution in [0.4, 0.5) is 13.6 Å². The molecule has 2 aliphatic heterocycles. The fourth-order valence-electron chi connectivity index (χ4n) is 3.67. The first kappa shape index (κ1) is 18.1. The third-order valence-corrected chi connectivity index (χ3v) is 5.23. The Bertz CT molecular complexity index is 557. The Morgan fingerprint density at radius 3 is 2.60 bits per heavy atom. The monoisotopic (exact) mass is 351 g/mol. The van der Waals surface area contributed by atoms with Gasteiger partial charge in [0.15, 0.2) is 0 Å². The lowest BCUT2D eigenvalue weighted by atomic mass is 10.1. The average molecular weight is 351 g/mol. The molecule has 1 aromatic carbocycles. The van der Waals surface area contributed by atoms with Gasteiger partial charge < -0.3 is 10.2 Å². The number of rotatable bonds is 5. The Labute approximate surface area is 148 Å². The van der Waals surface area contributed by atoms with Crippen molar-refractivity contribution >= 4 is 6.03 Å². The number of urea groups is 1. The first-order valence-electron chi connectivity index (χ1n) is 9.19. The van der Waals surface area contributed by atoms with Crippen LogP contribution in [-0.2, 0) is 6.54 Å². The SMILES string of the molecule is O=C(NCCC1CCN(Cc2ccccc2)C1)N1CCC(F)(F)CC1. The molecule has 1 N–H and O–H groups in total. The van der Waals surface area contributed by atoms with Gasteiger partial charge in [0.1, 0.15) is 0 Å². The molecule has 25 heavy (non-hydrogen) atoms. The number of alkyl halides is 2. The lowest BCUT2D eigenvalue weighted by Crippen LogP contribution is -2.47. The number of halogens is 2. The topological polar surface area (TPSA) is 35.6 Å². The van der Waals surface area contributed by atoms with Crippen LogP contribution < -0.4 is 5.32 Å².